The number of rotatable bonds is 5. The van der Waals surface area contributed by atoms with Crippen LogP contribution in [0, 0.1) is 0 Å². The van der Waals surface area contributed by atoms with E-state index in [2.05, 4.69) is 34.6 Å². The Morgan fingerprint density at radius 2 is 1.50 bits per heavy atom. The number of amides is 1. The van der Waals surface area contributed by atoms with Crippen molar-refractivity contribution in [1.82, 2.24) is 15.3 Å². The highest BCUT2D eigenvalue weighted by Crippen LogP contribution is 2.16. The van der Waals surface area contributed by atoms with Gasteiger partial charge in [-0.3, -0.25) is 14.7 Å². The molecule has 1 saturated heterocycles. The topological polar surface area (TPSA) is 35.6 Å². The molecule has 0 radical (unpaired) electrons. The van der Waals surface area contributed by atoms with Crippen LogP contribution in [-0.2, 0) is 17.9 Å². The van der Waals surface area contributed by atoms with Crippen molar-refractivity contribution in [3.05, 3.63) is 71.8 Å². The molecule has 0 bridgehead atoms. The van der Waals surface area contributed by atoms with Crippen molar-refractivity contribution in [1.29, 1.82) is 0 Å². The molecule has 2 aromatic rings. The van der Waals surface area contributed by atoms with Crippen LogP contribution >= 0.6 is 0 Å². The molecule has 114 valence electrons. The second-order valence-corrected chi connectivity index (χ2v) is 5.65. The molecule has 0 aliphatic carbocycles. The van der Waals surface area contributed by atoms with E-state index in [1.54, 1.807) is 12.1 Å². The molecule has 4 nitrogen and oxygen atoms in total. The van der Waals surface area contributed by atoms with E-state index < -0.39 is 0 Å². The Bertz CT molecular complexity index is 573. The van der Waals surface area contributed by atoms with Gasteiger partial charge in [-0.25, -0.2) is 5.43 Å². The number of benzene rings is 2. The van der Waals surface area contributed by atoms with Crippen molar-refractivity contribution in [2.75, 3.05) is 13.6 Å². The first kappa shape index (κ1) is 14.8. The maximum atomic E-state index is 12.3. The second kappa shape index (κ2) is 6.73. The molecule has 2 aromatic carbocycles. The lowest BCUT2D eigenvalue weighted by Crippen LogP contribution is -2.41. The molecule has 4 heteroatoms. The third kappa shape index (κ3) is 3.35. The largest absolute Gasteiger partial charge is 0.282 e. The van der Waals surface area contributed by atoms with Gasteiger partial charge in [0.25, 0.3) is 5.91 Å². The summed E-state index contributed by atoms with van der Waals surface area (Å²) in [4.78, 5) is 14.6. The molecule has 1 N–H and O–H groups in total. The van der Waals surface area contributed by atoms with Crippen molar-refractivity contribution in [3.63, 3.8) is 0 Å². The molecule has 1 amide bonds. The van der Waals surface area contributed by atoms with Crippen molar-refractivity contribution < 1.29 is 4.79 Å². The number of carbonyl (C=O) groups excluding carboxylic acids is 1. The Hall–Kier alpha value is -2.17. The summed E-state index contributed by atoms with van der Waals surface area (Å²) in [7, 11) is 1.78. The third-order valence-electron chi connectivity index (χ3n) is 4.04. The number of hydrazine groups is 1. The summed E-state index contributed by atoms with van der Waals surface area (Å²) >= 11 is 0. The lowest BCUT2D eigenvalue weighted by molar-refractivity contribution is -0.132. The van der Waals surface area contributed by atoms with E-state index in [-0.39, 0.29) is 11.9 Å². The number of likely N-dealkylation sites (N-methyl/N-ethyl adjacent to an activating group) is 1. The van der Waals surface area contributed by atoms with Crippen LogP contribution in [0.25, 0.3) is 0 Å². The number of hydrogen-bond acceptors (Lipinski definition) is 3. The molecular weight excluding hydrogens is 274 g/mol. The van der Waals surface area contributed by atoms with Crippen LogP contribution in [-0.4, -0.2) is 35.5 Å². The molecule has 1 fully saturated rings. The highest BCUT2D eigenvalue weighted by Gasteiger charge is 2.33. The van der Waals surface area contributed by atoms with Gasteiger partial charge in [0, 0.05) is 26.7 Å². The predicted molar refractivity (Wildman–Crippen MR) is 86.7 cm³/mol. The molecule has 22 heavy (non-hydrogen) atoms. The number of nitrogens with zero attached hydrogens (tertiary/aromatic N) is 2. The van der Waals surface area contributed by atoms with Gasteiger partial charge in [-0.1, -0.05) is 60.7 Å². The average Bonchev–Trinajstić information content (AvgIpc) is 2.88. The van der Waals surface area contributed by atoms with Crippen LogP contribution in [0.4, 0.5) is 0 Å². The molecule has 0 aromatic heterocycles. The summed E-state index contributed by atoms with van der Waals surface area (Å²) in [5.41, 5.74) is 5.56. The van der Waals surface area contributed by atoms with Gasteiger partial charge < -0.3 is 0 Å². The Balaban J connectivity index is 1.80. The van der Waals surface area contributed by atoms with Gasteiger partial charge in [-0.2, -0.15) is 0 Å². The zero-order chi connectivity index (χ0) is 15.4. The van der Waals surface area contributed by atoms with E-state index in [0.29, 0.717) is 6.54 Å². The maximum Gasteiger partial charge on any atom is 0.255 e. The van der Waals surface area contributed by atoms with Crippen molar-refractivity contribution in [2.24, 2.45) is 0 Å². The Kier molecular flexibility index (Phi) is 4.51. The van der Waals surface area contributed by atoms with Gasteiger partial charge in [-0.05, 0) is 11.1 Å². The highest BCUT2D eigenvalue weighted by atomic mass is 16.2. The van der Waals surface area contributed by atoms with Gasteiger partial charge >= 0.3 is 0 Å². The lowest BCUT2D eigenvalue weighted by Gasteiger charge is -2.27. The van der Waals surface area contributed by atoms with Gasteiger partial charge in [0.15, 0.2) is 0 Å². The van der Waals surface area contributed by atoms with Crippen LogP contribution in [0.2, 0.25) is 0 Å². The minimum atomic E-state index is -0.120. The minimum absolute atomic E-state index is 0.120. The van der Waals surface area contributed by atoms with Gasteiger partial charge in [-0.15, -0.1) is 0 Å². The molecular formula is C18H21N3O. The van der Waals surface area contributed by atoms with Gasteiger partial charge in [0.05, 0.1) is 0 Å². The predicted octanol–water partition coefficient (Wildman–Crippen LogP) is 2.03. The third-order valence-corrected chi connectivity index (χ3v) is 4.04. The molecule has 0 spiro atoms. The van der Waals surface area contributed by atoms with Crippen LogP contribution in [0.1, 0.15) is 11.1 Å². The van der Waals surface area contributed by atoms with E-state index in [4.69, 9.17) is 0 Å². The van der Waals surface area contributed by atoms with Gasteiger partial charge in [0.1, 0.15) is 6.04 Å². The molecule has 1 atom stereocenters. The summed E-state index contributed by atoms with van der Waals surface area (Å²) in [6.07, 6.45) is 0. The van der Waals surface area contributed by atoms with E-state index in [9.17, 15) is 4.79 Å². The number of hydrogen-bond donors (Lipinski definition) is 1. The molecule has 1 heterocycles. The maximum absolute atomic E-state index is 12.3. The first-order valence-corrected chi connectivity index (χ1v) is 7.57. The fourth-order valence-corrected chi connectivity index (χ4v) is 2.81. The van der Waals surface area contributed by atoms with E-state index in [1.807, 2.05) is 36.4 Å². The van der Waals surface area contributed by atoms with Crippen molar-refractivity contribution in [2.45, 2.75) is 19.1 Å². The zero-order valence-corrected chi connectivity index (χ0v) is 12.8. The van der Waals surface area contributed by atoms with E-state index in [1.165, 1.54) is 11.1 Å². The highest BCUT2D eigenvalue weighted by molar-refractivity contribution is 5.83. The summed E-state index contributed by atoms with van der Waals surface area (Å²) in [5.74, 6) is 0.131. The summed E-state index contributed by atoms with van der Waals surface area (Å²) < 4.78 is 0. The summed E-state index contributed by atoms with van der Waals surface area (Å²) in [6, 6.07) is 20.5. The van der Waals surface area contributed by atoms with Crippen molar-refractivity contribution in [3.8, 4) is 0 Å². The monoisotopic (exact) mass is 295 g/mol. The van der Waals surface area contributed by atoms with E-state index in [0.717, 1.165) is 13.1 Å². The molecule has 1 aliphatic heterocycles. The van der Waals surface area contributed by atoms with Crippen LogP contribution < -0.4 is 5.43 Å². The van der Waals surface area contributed by atoms with Gasteiger partial charge in [0.2, 0.25) is 0 Å². The van der Waals surface area contributed by atoms with Crippen LogP contribution in [0.15, 0.2) is 60.7 Å². The lowest BCUT2D eigenvalue weighted by atomic mass is 10.1. The smallest absolute Gasteiger partial charge is 0.255 e. The Morgan fingerprint density at radius 3 is 1.91 bits per heavy atom. The quantitative estimate of drug-likeness (QED) is 0.917. The SMILES string of the molecule is CN1NC[C@@H](N(Cc2ccccc2)Cc2ccccc2)C1=O. The minimum Gasteiger partial charge on any atom is -0.282 e. The van der Waals surface area contributed by atoms with Crippen LogP contribution in [0.5, 0.6) is 0 Å². The van der Waals surface area contributed by atoms with E-state index >= 15 is 0 Å². The van der Waals surface area contributed by atoms with Crippen LogP contribution in [0.3, 0.4) is 0 Å². The standard InChI is InChI=1S/C18H21N3O/c1-20-18(22)17(12-19-20)21(13-15-8-4-2-5-9-15)14-16-10-6-3-7-11-16/h2-11,17,19H,12-14H2,1H3/t17-/m1/s1. The average molecular weight is 295 g/mol. The molecule has 0 saturated carbocycles. The normalized spacial score (nSPS) is 18.2. The van der Waals surface area contributed by atoms with Crippen molar-refractivity contribution >= 4 is 5.91 Å². The molecule has 3 rings (SSSR count). The number of nitrogens with one attached hydrogen (secondary N) is 1. The zero-order valence-electron chi connectivity index (χ0n) is 12.8. The first-order valence-electron chi connectivity index (χ1n) is 7.57. The number of carbonyl (C=O) groups is 1. The Labute approximate surface area is 131 Å². The summed E-state index contributed by atoms with van der Waals surface area (Å²) in [6.45, 7) is 2.19. The molecule has 0 unspecified atom stereocenters. The first-order chi connectivity index (χ1) is 10.7. The fourth-order valence-electron chi connectivity index (χ4n) is 2.81. The molecule has 1 aliphatic rings. The summed E-state index contributed by atoms with van der Waals surface area (Å²) in [5, 5.41) is 1.59. The Morgan fingerprint density at radius 1 is 1.00 bits per heavy atom. The fraction of sp³-hybridized carbons (Fsp3) is 0.278. The second-order valence-electron chi connectivity index (χ2n) is 5.65.